The lowest BCUT2D eigenvalue weighted by atomic mass is 10.1. The van der Waals surface area contributed by atoms with E-state index in [-0.39, 0.29) is 12.5 Å². The summed E-state index contributed by atoms with van der Waals surface area (Å²) in [6.45, 7) is 5.02. The summed E-state index contributed by atoms with van der Waals surface area (Å²) in [5.74, 6) is 0.0259. The molecule has 4 nitrogen and oxygen atoms in total. The number of rotatable bonds is 6. The number of piperidine rings is 1. The van der Waals surface area contributed by atoms with Crippen molar-refractivity contribution in [2.45, 2.75) is 38.6 Å². The molecule has 4 heteroatoms. The summed E-state index contributed by atoms with van der Waals surface area (Å²) in [6.07, 6.45) is 4.19. The van der Waals surface area contributed by atoms with Crippen LogP contribution in [0.4, 0.5) is 0 Å². The average Bonchev–Trinajstić information content (AvgIpc) is 2.26. The molecule has 15 heavy (non-hydrogen) atoms. The standard InChI is InChI=1S/C11H22N2O2/c1-2-3-8-15-9-11(14)13-10-4-6-12-7-5-10/h10,12H,2-9H2,1H3,(H,13,14). The van der Waals surface area contributed by atoms with Crippen molar-refractivity contribution >= 4 is 5.91 Å². The van der Waals surface area contributed by atoms with Crippen molar-refractivity contribution in [1.29, 1.82) is 0 Å². The predicted octanol–water partition coefficient (Wildman–Crippen LogP) is 0.671. The lowest BCUT2D eigenvalue weighted by Crippen LogP contribution is -2.43. The van der Waals surface area contributed by atoms with E-state index in [0.29, 0.717) is 12.6 Å². The second-order valence-corrected chi connectivity index (χ2v) is 4.00. The first kappa shape index (κ1) is 12.5. The summed E-state index contributed by atoms with van der Waals surface area (Å²) in [6, 6.07) is 0.341. The van der Waals surface area contributed by atoms with Gasteiger partial charge >= 0.3 is 0 Å². The topological polar surface area (TPSA) is 50.4 Å². The minimum Gasteiger partial charge on any atom is -0.372 e. The highest BCUT2D eigenvalue weighted by Gasteiger charge is 2.14. The molecule has 0 aromatic carbocycles. The minimum atomic E-state index is 0.0259. The van der Waals surface area contributed by atoms with E-state index in [1.807, 2.05) is 0 Å². The molecule has 0 unspecified atom stereocenters. The van der Waals surface area contributed by atoms with Crippen LogP contribution in [-0.4, -0.2) is 38.3 Å². The van der Waals surface area contributed by atoms with Crippen molar-refractivity contribution in [2.75, 3.05) is 26.3 Å². The highest BCUT2D eigenvalue weighted by atomic mass is 16.5. The predicted molar refractivity (Wildman–Crippen MR) is 59.8 cm³/mol. The largest absolute Gasteiger partial charge is 0.372 e. The van der Waals surface area contributed by atoms with E-state index in [1.54, 1.807) is 0 Å². The highest BCUT2D eigenvalue weighted by molar-refractivity contribution is 5.77. The van der Waals surface area contributed by atoms with Gasteiger partial charge in [0.15, 0.2) is 0 Å². The molecule has 1 heterocycles. The summed E-state index contributed by atoms with van der Waals surface area (Å²) in [7, 11) is 0. The second kappa shape index (κ2) is 7.65. The molecule has 0 atom stereocenters. The van der Waals surface area contributed by atoms with Gasteiger partial charge in [-0.2, -0.15) is 0 Å². The van der Waals surface area contributed by atoms with Gasteiger partial charge in [-0.05, 0) is 32.4 Å². The maximum absolute atomic E-state index is 11.4. The fourth-order valence-electron chi connectivity index (χ4n) is 1.65. The molecule has 1 aliphatic rings. The Labute approximate surface area is 91.8 Å². The smallest absolute Gasteiger partial charge is 0.246 e. The van der Waals surface area contributed by atoms with Gasteiger partial charge in [0.25, 0.3) is 0 Å². The van der Waals surface area contributed by atoms with Gasteiger partial charge in [0, 0.05) is 12.6 Å². The zero-order valence-electron chi connectivity index (χ0n) is 9.55. The zero-order chi connectivity index (χ0) is 10.9. The maximum Gasteiger partial charge on any atom is 0.246 e. The Bertz CT molecular complexity index is 179. The Balaban J connectivity index is 2.01. The third kappa shape index (κ3) is 5.74. The summed E-state index contributed by atoms with van der Waals surface area (Å²) < 4.78 is 5.25. The van der Waals surface area contributed by atoms with Gasteiger partial charge in [0.05, 0.1) is 0 Å². The third-order valence-electron chi connectivity index (χ3n) is 2.58. The molecular weight excluding hydrogens is 192 g/mol. The highest BCUT2D eigenvalue weighted by Crippen LogP contribution is 2.01. The van der Waals surface area contributed by atoms with Crippen LogP contribution in [0.1, 0.15) is 32.6 Å². The molecule has 1 amide bonds. The molecule has 0 aromatic heterocycles. The van der Waals surface area contributed by atoms with E-state index in [4.69, 9.17) is 4.74 Å². The van der Waals surface area contributed by atoms with Crippen LogP contribution in [0.3, 0.4) is 0 Å². The molecule has 2 N–H and O–H groups in total. The van der Waals surface area contributed by atoms with Crippen LogP contribution < -0.4 is 10.6 Å². The molecule has 1 aliphatic heterocycles. The monoisotopic (exact) mass is 214 g/mol. The minimum absolute atomic E-state index is 0.0259. The van der Waals surface area contributed by atoms with Gasteiger partial charge < -0.3 is 15.4 Å². The number of nitrogens with one attached hydrogen (secondary N) is 2. The molecule has 0 spiro atoms. The van der Waals surface area contributed by atoms with Gasteiger partial charge in [-0.1, -0.05) is 13.3 Å². The van der Waals surface area contributed by atoms with Crippen LogP contribution in [0.25, 0.3) is 0 Å². The van der Waals surface area contributed by atoms with Gasteiger partial charge in [-0.25, -0.2) is 0 Å². The molecule has 0 saturated carbocycles. The van der Waals surface area contributed by atoms with E-state index in [0.717, 1.165) is 38.8 Å². The van der Waals surface area contributed by atoms with Crippen LogP contribution >= 0.6 is 0 Å². The number of carbonyl (C=O) groups is 1. The van der Waals surface area contributed by atoms with E-state index >= 15 is 0 Å². The van der Waals surface area contributed by atoms with Crippen molar-refractivity contribution in [1.82, 2.24) is 10.6 Å². The van der Waals surface area contributed by atoms with Crippen LogP contribution in [0.5, 0.6) is 0 Å². The van der Waals surface area contributed by atoms with Crippen molar-refractivity contribution in [3.8, 4) is 0 Å². The lowest BCUT2D eigenvalue weighted by Gasteiger charge is -2.23. The third-order valence-corrected chi connectivity index (χ3v) is 2.58. The number of ether oxygens (including phenoxy) is 1. The zero-order valence-corrected chi connectivity index (χ0v) is 9.55. The molecule has 0 radical (unpaired) electrons. The Morgan fingerprint density at radius 3 is 2.87 bits per heavy atom. The Kier molecular flexibility index (Phi) is 6.36. The number of amides is 1. The second-order valence-electron chi connectivity index (χ2n) is 4.00. The molecule has 1 saturated heterocycles. The van der Waals surface area contributed by atoms with Gasteiger partial charge in [-0.15, -0.1) is 0 Å². The lowest BCUT2D eigenvalue weighted by molar-refractivity contribution is -0.126. The average molecular weight is 214 g/mol. The normalized spacial score (nSPS) is 17.7. The molecule has 88 valence electrons. The number of unbranched alkanes of at least 4 members (excludes halogenated alkanes) is 1. The Morgan fingerprint density at radius 1 is 1.47 bits per heavy atom. The number of carbonyl (C=O) groups excluding carboxylic acids is 1. The fourth-order valence-corrected chi connectivity index (χ4v) is 1.65. The van der Waals surface area contributed by atoms with Gasteiger partial charge in [0.2, 0.25) is 5.91 Å². The first-order chi connectivity index (χ1) is 7.33. The fraction of sp³-hybridized carbons (Fsp3) is 0.909. The van der Waals surface area contributed by atoms with Crippen molar-refractivity contribution < 1.29 is 9.53 Å². The van der Waals surface area contributed by atoms with E-state index in [9.17, 15) is 4.79 Å². The Morgan fingerprint density at radius 2 is 2.20 bits per heavy atom. The van der Waals surface area contributed by atoms with Crippen molar-refractivity contribution in [3.63, 3.8) is 0 Å². The molecule has 0 aliphatic carbocycles. The quantitative estimate of drug-likeness (QED) is 0.639. The van der Waals surface area contributed by atoms with Crippen LogP contribution in [0, 0.1) is 0 Å². The maximum atomic E-state index is 11.4. The Hall–Kier alpha value is -0.610. The van der Waals surface area contributed by atoms with E-state index in [1.165, 1.54) is 0 Å². The first-order valence-corrected chi connectivity index (χ1v) is 5.90. The molecule has 1 fully saturated rings. The summed E-state index contributed by atoms with van der Waals surface area (Å²) in [4.78, 5) is 11.4. The van der Waals surface area contributed by atoms with Crippen molar-refractivity contribution in [3.05, 3.63) is 0 Å². The van der Waals surface area contributed by atoms with Gasteiger partial charge in [-0.3, -0.25) is 4.79 Å². The van der Waals surface area contributed by atoms with Gasteiger partial charge in [0.1, 0.15) is 6.61 Å². The number of hydrogen-bond acceptors (Lipinski definition) is 3. The van der Waals surface area contributed by atoms with Crippen LogP contribution in [-0.2, 0) is 9.53 Å². The molecular formula is C11H22N2O2. The summed E-state index contributed by atoms with van der Waals surface area (Å²) in [5, 5.41) is 6.26. The molecule has 0 bridgehead atoms. The summed E-state index contributed by atoms with van der Waals surface area (Å²) >= 11 is 0. The first-order valence-electron chi connectivity index (χ1n) is 5.90. The molecule has 1 rings (SSSR count). The van der Waals surface area contributed by atoms with Crippen LogP contribution in [0.2, 0.25) is 0 Å². The molecule has 0 aromatic rings. The summed E-state index contributed by atoms with van der Waals surface area (Å²) in [5.41, 5.74) is 0. The number of hydrogen-bond donors (Lipinski definition) is 2. The van der Waals surface area contributed by atoms with E-state index in [2.05, 4.69) is 17.6 Å². The van der Waals surface area contributed by atoms with Crippen molar-refractivity contribution in [2.24, 2.45) is 0 Å². The van der Waals surface area contributed by atoms with E-state index < -0.39 is 0 Å². The van der Waals surface area contributed by atoms with Crippen LogP contribution in [0.15, 0.2) is 0 Å². The SMILES string of the molecule is CCCCOCC(=O)NC1CCNCC1.